The molecule has 0 spiro atoms. The fraction of sp³-hybridized carbons (Fsp3) is 0.125. The van der Waals surface area contributed by atoms with Crippen molar-refractivity contribution in [2.75, 3.05) is 6.54 Å². The lowest BCUT2D eigenvalue weighted by Crippen LogP contribution is -2.35. The number of sulfonamides is 1. The highest BCUT2D eigenvalue weighted by Crippen LogP contribution is 2.21. The van der Waals surface area contributed by atoms with Crippen LogP contribution in [0.2, 0.25) is 0 Å². The van der Waals surface area contributed by atoms with Crippen LogP contribution < -0.4 is 0 Å². The molecule has 0 aliphatic heterocycles. The summed E-state index contributed by atoms with van der Waals surface area (Å²) in [7, 11) is -4.32. The number of hydrogen-bond donors (Lipinski definition) is 2. The molecule has 2 rings (SSSR count). The molecule has 2 aromatic carbocycles. The van der Waals surface area contributed by atoms with Gasteiger partial charge in [0.1, 0.15) is 6.54 Å². The summed E-state index contributed by atoms with van der Waals surface area (Å²) in [6, 6.07) is 9.51. The Hall–Kier alpha value is -3.31. The average Bonchev–Trinajstić information content (AvgIpc) is 2.61. The number of carbonyl (C=O) groups is 2. The molecular weight excluding hydrogens is 380 g/mol. The van der Waals surface area contributed by atoms with Crippen LogP contribution in [0.15, 0.2) is 53.4 Å². The van der Waals surface area contributed by atoms with Gasteiger partial charge in [-0.1, -0.05) is 18.2 Å². The number of carboxylic acid groups (broad SMARTS) is 2. The molecule has 11 heteroatoms. The van der Waals surface area contributed by atoms with Gasteiger partial charge < -0.3 is 10.2 Å². The van der Waals surface area contributed by atoms with Crippen LogP contribution in [-0.2, 0) is 21.4 Å². The Morgan fingerprint density at radius 1 is 1.07 bits per heavy atom. The van der Waals surface area contributed by atoms with E-state index in [1.54, 1.807) is 0 Å². The molecule has 0 saturated carbocycles. The number of benzene rings is 2. The SMILES string of the molecule is O=C(O)CN(Cc1ccc([N+](=O)[O-])cc1)S(=O)(=O)c1cccc(C(=O)O)c1. The molecule has 0 heterocycles. The van der Waals surface area contributed by atoms with Crippen LogP contribution in [0.4, 0.5) is 5.69 Å². The average molecular weight is 394 g/mol. The first-order chi connectivity index (χ1) is 12.6. The van der Waals surface area contributed by atoms with E-state index in [2.05, 4.69) is 0 Å². The Morgan fingerprint density at radius 2 is 1.70 bits per heavy atom. The maximum atomic E-state index is 12.8. The van der Waals surface area contributed by atoms with Crippen LogP contribution in [-0.4, -0.2) is 46.3 Å². The number of rotatable bonds is 8. The number of carboxylic acids is 2. The van der Waals surface area contributed by atoms with E-state index in [9.17, 15) is 28.1 Å². The van der Waals surface area contributed by atoms with Gasteiger partial charge in [0, 0.05) is 18.7 Å². The van der Waals surface area contributed by atoms with Crippen LogP contribution in [0.5, 0.6) is 0 Å². The zero-order valence-electron chi connectivity index (χ0n) is 13.7. The smallest absolute Gasteiger partial charge is 0.335 e. The van der Waals surface area contributed by atoms with E-state index in [1.165, 1.54) is 36.4 Å². The molecule has 0 bridgehead atoms. The van der Waals surface area contributed by atoms with Crippen molar-refractivity contribution in [2.45, 2.75) is 11.4 Å². The minimum Gasteiger partial charge on any atom is -0.480 e. The summed E-state index contributed by atoms with van der Waals surface area (Å²) in [5.41, 5.74) is -0.123. The Kier molecular flexibility index (Phi) is 5.88. The van der Waals surface area contributed by atoms with E-state index in [0.717, 1.165) is 12.1 Å². The number of non-ortho nitro benzene ring substituents is 1. The van der Waals surface area contributed by atoms with Gasteiger partial charge in [0.2, 0.25) is 10.0 Å². The third-order valence-electron chi connectivity index (χ3n) is 3.54. The number of hydrogen-bond acceptors (Lipinski definition) is 6. The predicted octanol–water partition coefficient (Wildman–Crippen LogP) is 1.57. The van der Waals surface area contributed by atoms with E-state index in [0.29, 0.717) is 9.87 Å². The molecule has 10 nitrogen and oxygen atoms in total. The van der Waals surface area contributed by atoms with Crippen LogP contribution in [0.3, 0.4) is 0 Å². The second-order valence-corrected chi connectivity index (χ2v) is 7.36. The number of aliphatic carboxylic acids is 1. The first-order valence-corrected chi connectivity index (χ1v) is 8.84. The van der Waals surface area contributed by atoms with Crippen LogP contribution in [0, 0.1) is 10.1 Å². The minimum atomic E-state index is -4.32. The lowest BCUT2D eigenvalue weighted by Gasteiger charge is -2.20. The first kappa shape index (κ1) is 20.0. The van der Waals surface area contributed by atoms with Crippen molar-refractivity contribution in [1.82, 2.24) is 4.31 Å². The molecule has 142 valence electrons. The summed E-state index contributed by atoms with van der Waals surface area (Å²) >= 11 is 0. The molecule has 0 unspecified atom stereocenters. The van der Waals surface area contributed by atoms with Gasteiger partial charge in [-0.25, -0.2) is 13.2 Å². The van der Waals surface area contributed by atoms with Crippen LogP contribution in [0.25, 0.3) is 0 Å². The molecule has 0 atom stereocenters. The van der Waals surface area contributed by atoms with Crippen molar-refractivity contribution in [3.05, 3.63) is 69.8 Å². The van der Waals surface area contributed by atoms with Crippen LogP contribution >= 0.6 is 0 Å². The number of nitrogens with zero attached hydrogens (tertiary/aromatic N) is 2. The van der Waals surface area contributed by atoms with Gasteiger partial charge >= 0.3 is 11.9 Å². The Labute approximate surface area is 153 Å². The number of nitro groups is 1. The molecule has 0 fully saturated rings. The zero-order chi connectivity index (χ0) is 20.2. The molecule has 2 aromatic rings. The maximum absolute atomic E-state index is 12.8. The number of nitro benzene ring substituents is 1. The topological polar surface area (TPSA) is 155 Å². The lowest BCUT2D eigenvalue weighted by molar-refractivity contribution is -0.384. The third-order valence-corrected chi connectivity index (χ3v) is 5.32. The third kappa shape index (κ3) is 4.86. The number of aromatic carboxylic acids is 1. The largest absolute Gasteiger partial charge is 0.480 e. The molecule has 27 heavy (non-hydrogen) atoms. The highest BCUT2D eigenvalue weighted by Gasteiger charge is 2.27. The summed E-state index contributed by atoms with van der Waals surface area (Å²) < 4.78 is 26.2. The molecule has 0 aromatic heterocycles. The molecule has 2 N–H and O–H groups in total. The van der Waals surface area contributed by atoms with E-state index >= 15 is 0 Å². The van der Waals surface area contributed by atoms with Gasteiger partial charge in [-0.15, -0.1) is 0 Å². The van der Waals surface area contributed by atoms with Gasteiger partial charge in [-0.2, -0.15) is 4.31 Å². The normalized spacial score (nSPS) is 11.3. The fourth-order valence-electron chi connectivity index (χ4n) is 2.24. The summed E-state index contributed by atoms with van der Waals surface area (Å²) in [6.07, 6.45) is 0. The van der Waals surface area contributed by atoms with E-state index in [4.69, 9.17) is 10.2 Å². The Morgan fingerprint density at radius 3 is 2.22 bits per heavy atom. The van der Waals surface area contributed by atoms with Gasteiger partial charge in [-0.3, -0.25) is 14.9 Å². The van der Waals surface area contributed by atoms with Crippen molar-refractivity contribution < 1.29 is 33.1 Å². The molecule has 0 amide bonds. The first-order valence-electron chi connectivity index (χ1n) is 7.40. The van der Waals surface area contributed by atoms with Crippen LogP contribution in [0.1, 0.15) is 15.9 Å². The van der Waals surface area contributed by atoms with Crippen molar-refractivity contribution in [3.63, 3.8) is 0 Å². The standard InChI is InChI=1S/C16H14N2O8S/c19-15(20)10-17(9-11-4-6-13(7-5-11)18(23)24)27(25,26)14-3-1-2-12(8-14)16(21)22/h1-8H,9-10H2,(H,19,20)(H,21,22). The summed E-state index contributed by atoms with van der Waals surface area (Å²) in [6.45, 7) is -1.22. The quantitative estimate of drug-likeness (QED) is 0.505. The molecule has 0 saturated heterocycles. The second kappa shape index (κ2) is 7.93. The lowest BCUT2D eigenvalue weighted by atomic mass is 10.2. The highest BCUT2D eigenvalue weighted by molar-refractivity contribution is 7.89. The molecular formula is C16H14N2O8S. The summed E-state index contributed by atoms with van der Waals surface area (Å²) in [5, 5.41) is 28.7. The Bertz CT molecular complexity index is 986. The van der Waals surface area contributed by atoms with Crippen molar-refractivity contribution >= 4 is 27.6 Å². The highest BCUT2D eigenvalue weighted by atomic mass is 32.2. The van der Waals surface area contributed by atoms with Gasteiger partial charge in [0.05, 0.1) is 15.4 Å². The van der Waals surface area contributed by atoms with Crippen molar-refractivity contribution in [3.8, 4) is 0 Å². The monoisotopic (exact) mass is 394 g/mol. The molecule has 0 aliphatic carbocycles. The molecule has 0 aliphatic rings. The zero-order valence-corrected chi connectivity index (χ0v) is 14.5. The van der Waals surface area contributed by atoms with E-state index in [-0.39, 0.29) is 22.7 Å². The van der Waals surface area contributed by atoms with Gasteiger partial charge in [-0.05, 0) is 23.8 Å². The Balaban J connectivity index is 2.39. The van der Waals surface area contributed by atoms with E-state index < -0.39 is 33.4 Å². The van der Waals surface area contributed by atoms with E-state index in [1.807, 2.05) is 0 Å². The second-order valence-electron chi connectivity index (χ2n) is 5.42. The minimum absolute atomic E-state index is 0.194. The van der Waals surface area contributed by atoms with Crippen molar-refractivity contribution in [1.29, 1.82) is 0 Å². The maximum Gasteiger partial charge on any atom is 0.335 e. The van der Waals surface area contributed by atoms with Gasteiger partial charge in [0.15, 0.2) is 0 Å². The summed E-state index contributed by atoms with van der Waals surface area (Å²) in [4.78, 5) is 31.9. The molecule has 0 radical (unpaired) electrons. The predicted molar refractivity (Wildman–Crippen MR) is 91.7 cm³/mol. The summed E-state index contributed by atoms with van der Waals surface area (Å²) in [5.74, 6) is -2.73. The fourth-order valence-corrected chi connectivity index (χ4v) is 3.67. The van der Waals surface area contributed by atoms with Crippen molar-refractivity contribution in [2.24, 2.45) is 0 Å². The van der Waals surface area contributed by atoms with Gasteiger partial charge in [0.25, 0.3) is 5.69 Å².